The van der Waals surface area contributed by atoms with Crippen LogP contribution < -0.4 is 4.90 Å². The number of carbonyl (C=O) groups is 1. The third kappa shape index (κ3) is 4.03. The molecule has 0 radical (unpaired) electrons. The van der Waals surface area contributed by atoms with E-state index >= 15 is 0 Å². The smallest absolute Gasteiger partial charge is 0.266 e. The first-order valence-corrected chi connectivity index (χ1v) is 10.4. The molecule has 0 bridgehead atoms. The first-order chi connectivity index (χ1) is 14.4. The number of nitrogens with zero attached hydrogens (tertiary/aromatic N) is 5. The van der Waals surface area contributed by atoms with Gasteiger partial charge in [0.15, 0.2) is 0 Å². The standard InChI is InChI=1S/C21H22FN5O2S/c1-13-19(30-12-24-13)20(28)27-8-9-29-17(11-27)18-16(10-23-21(25-18)26(2)3)14-4-6-15(22)7-5-14/h4-7,10,12,17H,8-9,11H2,1-3H3/t17-/m0/s1. The SMILES string of the molecule is Cc1ncsc1C(=O)N1CCO[C@H](c2nc(N(C)C)ncc2-c2ccc(F)cc2)C1. The van der Waals surface area contributed by atoms with E-state index in [4.69, 9.17) is 9.72 Å². The Hall–Kier alpha value is -2.91. The molecule has 0 aliphatic carbocycles. The number of benzene rings is 1. The molecule has 156 valence electrons. The van der Waals surface area contributed by atoms with Crippen molar-refractivity contribution in [2.24, 2.45) is 0 Å². The minimum absolute atomic E-state index is 0.0477. The molecule has 9 heteroatoms. The molecule has 1 fully saturated rings. The number of anilines is 1. The molecule has 1 atom stereocenters. The van der Waals surface area contributed by atoms with Gasteiger partial charge in [-0.2, -0.15) is 0 Å². The van der Waals surface area contributed by atoms with Crippen LogP contribution in [0.2, 0.25) is 0 Å². The van der Waals surface area contributed by atoms with Gasteiger partial charge in [0, 0.05) is 32.4 Å². The molecule has 30 heavy (non-hydrogen) atoms. The van der Waals surface area contributed by atoms with Crippen molar-refractivity contribution in [3.05, 3.63) is 58.1 Å². The molecule has 1 aromatic carbocycles. The van der Waals surface area contributed by atoms with Gasteiger partial charge in [-0.05, 0) is 24.6 Å². The van der Waals surface area contributed by atoms with E-state index in [-0.39, 0.29) is 11.7 Å². The number of aromatic nitrogens is 3. The lowest BCUT2D eigenvalue weighted by atomic mass is 10.0. The normalized spacial score (nSPS) is 16.5. The van der Waals surface area contributed by atoms with Crippen LogP contribution in [0.15, 0.2) is 36.0 Å². The van der Waals surface area contributed by atoms with Crippen LogP contribution in [0.1, 0.15) is 27.2 Å². The topological polar surface area (TPSA) is 71.5 Å². The summed E-state index contributed by atoms with van der Waals surface area (Å²) in [5.41, 5.74) is 4.65. The Morgan fingerprint density at radius 3 is 2.70 bits per heavy atom. The van der Waals surface area contributed by atoms with Gasteiger partial charge in [0.25, 0.3) is 5.91 Å². The zero-order chi connectivity index (χ0) is 21.3. The summed E-state index contributed by atoms with van der Waals surface area (Å²) in [4.78, 5) is 30.5. The highest BCUT2D eigenvalue weighted by molar-refractivity contribution is 7.11. The van der Waals surface area contributed by atoms with E-state index in [1.807, 2.05) is 25.9 Å². The fourth-order valence-corrected chi connectivity index (χ4v) is 4.12. The molecule has 1 saturated heterocycles. The maximum Gasteiger partial charge on any atom is 0.266 e. The van der Waals surface area contributed by atoms with Gasteiger partial charge in [-0.3, -0.25) is 4.79 Å². The van der Waals surface area contributed by atoms with Crippen molar-refractivity contribution in [3.8, 4) is 11.1 Å². The van der Waals surface area contributed by atoms with Crippen molar-refractivity contribution < 1.29 is 13.9 Å². The lowest BCUT2D eigenvalue weighted by molar-refractivity contribution is -0.0243. The number of carbonyl (C=O) groups excluding carboxylic acids is 1. The van der Waals surface area contributed by atoms with Crippen molar-refractivity contribution in [3.63, 3.8) is 0 Å². The number of amides is 1. The molecular formula is C21H22FN5O2S. The molecule has 3 aromatic rings. The fourth-order valence-electron chi connectivity index (χ4n) is 3.35. The Morgan fingerprint density at radius 1 is 1.27 bits per heavy atom. The van der Waals surface area contributed by atoms with E-state index in [1.54, 1.807) is 28.7 Å². The maximum atomic E-state index is 13.4. The van der Waals surface area contributed by atoms with Crippen molar-refractivity contribution >= 4 is 23.2 Å². The molecule has 1 aliphatic heterocycles. The van der Waals surface area contributed by atoms with E-state index in [2.05, 4.69) is 9.97 Å². The molecule has 2 aromatic heterocycles. The van der Waals surface area contributed by atoms with Crippen LogP contribution in [-0.2, 0) is 4.74 Å². The average Bonchev–Trinajstić information content (AvgIpc) is 3.19. The number of hydrogen-bond donors (Lipinski definition) is 0. The third-order valence-electron chi connectivity index (χ3n) is 4.96. The van der Waals surface area contributed by atoms with Gasteiger partial charge in [0.2, 0.25) is 5.95 Å². The Balaban J connectivity index is 1.69. The lowest BCUT2D eigenvalue weighted by Crippen LogP contribution is -2.42. The van der Waals surface area contributed by atoms with Crippen LogP contribution in [-0.4, -0.2) is 59.6 Å². The molecule has 0 N–H and O–H groups in total. The molecule has 1 amide bonds. The molecular weight excluding hydrogens is 405 g/mol. The summed E-state index contributed by atoms with van der Waals surface area (Å²) < 4.78 is 19.4. The van der Waals surface area contributed by atoms with E-state index in [9.17, 15) is 9.18 Å². The van der Waals surface area contributed by atoms with E-state index < -0.39 is 6.10 Å². The second-order valence-corrected chi connectivity index (χ2v) is 8.10. The van der Waals surface area contributed by atoms with Crippen molar-refractivity contribution in [1.82, 2.24) is 19.9 Å². The van der Waals surface area contributed by atoms with Crippen molar-refractivity contribution in [1.29, 1.82) is 0 Å². The van der Waals surface area contributed by atoms with Gasteiger partial charge in [-0.1, -0.05) is 12.1 Å². The van der Waals surface area contributed by atoms with Crippen LogP contribution in [0.5, 0.6) is 0 Å². The predicted octanol–water partition coefficient (Wildman–Crippen LogP) is 3.33. The number of thiazole rings is 1. The highest BCUT2D eigenvalue weighted by Crippen LogP contribution is 2.32. The summed E-state index contributed by atoms with van der Waals surface area (Å²) in [5.74, 6) is 0.187. The first-order valence-electron chi connectivity index (χ1n) is 9.55. The molecule has 0 spiro atoms. The first kappa shape index (κ1) is 20.4. The molecule has 7 nitrogen and oxygen atoms in total. The number of halogens is 1. The number of ether oxygens (including phenoxy) is 1. The van der Waals surface area contributed by atoms with Gasteiger partial charge in [-0.15, -0.1) is 11.3 Å². The minimum atomic E-state index is -0.419. The van der Waals surface area contributed by atoms with Crippen LogP contribution in [0.3, 0.4) is 0 Å². The monoisotopic (exact) mass is 427 g/mol. The van der Waals surface area contributed by atoms with Gasteiger partial charge < -0.3 is 14.5 Å². The Morgan fingerprint density at radius 2 is 2.03 bits per heavy atom. The van der Waals surface area contributed by atoms with E-state index in [0.29, 0.717) is 36.2 Å². The van der Waals surface area contributed by atoms with Crippen molar-refractivity contribution in [2.75, 3.05) is 38.7 Å². The molecule has 3 heterocycles. The number of morpholine rings is 1. The summed E-state index contributed by atoms with van der Waals surface area (Å²) in [6.07, 6.45) is 1.31. The van der Waals surface area contributed by atoms with Crippen LogP contribution >= 0.6 is 11.3 Å². The maximum absolute atomic E-state index is 13.4. The Labute approximate surface area is 178 Å². The number of hydrogen-bond acceptors (Lipinski definition) is 7. The minimum Gasteiger partial charge on any atom is -0.368 e. The third-order valence-corrected chi connectivity index (χ3v) is 5.88. The van der Waals surface area contributed by atoms with Crippen LogP contribution in [0.25, 0.3) is 11.1 Å². The van der Waals surface area contributed by atoms with Crippen LogP contribution in [0.4, 0.5) is 10.3 Å². The molecule has 0 unspecified atom stereocenters. The Kier molecular flexibility index (Phi) is 5.74. The highest BCUT2D eigenvalue weighted by atomic mass is 32.1. The van der Waals surface area contributed by atoms with Gasteiger partial charge in [-0.25, -0.2) is 19.3 Å². The van der Waals surface area contributed by atoms with Crippen LogP contribution in [0, 0.1) is 12.7 Å². The number of rotatable bonds is 4. The van der Waals surface area contributed by atoms with Crippen molar-refractivity contribution in [2.45, 2.75) is 13.0 Å². The summed E-state index contributed by atoms with van der Waals surface area (Å²) in [7, 11) is 3.72. The zero-order valence-corrected chi connectivity index (χ0v) is 17.8. The summed E-state index contributed by atoms with van der Waals surface area (Å²) >= 11 is 1.35. The molecule has 4 rings (SSSR count). The summed E-state index contributed by atoms with van der Waals surface area (Å²) in [6, 6.07) is 6.20. The second-order valence-electron chi connectivity index (χ2n) is 7.25. The Bertz CT molecular complexity index is 1050. The largest absolute Gasteiger partial charge is 0.368 e. The zero-order valence-electron chi connectivity index (χ0n) is 17.0. The summed E-state index contributed by atoms with van der Waals surface area (Å²) in [6.45, 7) is 3.11. The lowest BCUT2D eigenvalue weighted by Gasteiger charge is -2.33. The van der Waals surface area contributed by atoms with Gasteiger partial charge in [0.05, 0.1) is 30.1 Å². The van der Waals surface area contributed by atoms with Gasteiger partial charge in [0.1, 0.15) is 16.8 Å². The fraction of sp³-hybridized carbons (Fsp3) is 0.333. The second kappa shape index (κ2) is 8.45. The summed E-state index contributed by atoms with van der Waals surface area (Å²) in [5, 5.41) is 0. The molecule has 1 aliphatic rings. The van der Waals surface area contributed by atoms with E-state index in [0.717, 1.165) is 16.8 Å². The molecule has 0 saturated carbocycles. The van der Waals surface area contributed by atoms with E-state index in [1.165, 1.54) is 23.5 Å². The van der Waals surface area contributed by atoms with Gasteiger partial charge >= 0.3 is 0 Å². The quantitative estimate of drug-likeness (QED) is 0.636. The average molecular weight is 428 g/mol. The number of aryl methyl sites for hydroxylation is 1. The highest BCUT2D eigenvalue weighted by Gasteiger charge is 2.30. The predicted molar refractivity (Wildman–Crippen MR) is 113 cm³/mol.